The van der Waals surface area contributed by atoms with Crippen molar-refractivity contribution in [2.75, 3.05) is 47.5 Å². The van der Waals surface area contributed by atoms with Crippen molar-refractivity contribution in [3.63, 3.8) is 0 Å². The summed E-state index contributed by atoms with van der Waals surface area (Å²) in [6, 6.07) is 0. The van der Waals surface area contributed by atoms with Gasteiger partial charge in [-0.1, -0.05) is 142 Å². The molecule has 0 aromatic rings. The normalized spacial score (nSPS) is 14.7. The van der Waals surface area contributed by atoms with Crippen LogP contribution in [0.5, 0.6) is 0 Å². The van der Waals surface area contributed by atoms with Gasteiger partial charge >= 0.3 is 11.9 Å². The number of nitrogens with zero attached hydrogens (tertiary/aromatic N) is 1. The summed E-state index contributed by atoms with van der Waals surface area (Å²) in [5, 5.41) is 0. The van der Waals surface area contributed by atoms with Crippen LogP contribution >= 0.6 is 7.82 Å². The van der Waals surface area contributed by atoms with Gasteiger partial charge in [-0.2, -0.15) is 0 Å². The second-order valence-corrected chi connectivity index (χ2v) is 16.4. The van der Waals surface area contributed by atoms with Gasteiger partial charge in [0.2, 0.25) is 0 Å². The third-order valence-electron chi connectivity index (χ3n) is 8.30. The SMILES string of the molecule is CC/C=C/C/C=C/C/C=C/C/C=C/C/C=C/C/C=C/CCC(=O)O[C@H](COC(=O)CCCCCCC/C=C/C/C=C/C/C=C/CC)COP(=O)([O-])OCC[N+](C)(C)C. The van der Waals surface area contributed by atoms with E-state index in [2.05, 4.69) is 111 Å². The molecule has 0 aliphatic carbocycles. The summed E-state index contributed by atoms with van der Waals surface area (Å²) in [7, 11) is 1.09. The van der Waals surface area contributed by atoms with Gasteiger partial charge in [-0.3, -0.25) is 14.2 Å². The number of esters is 2. The van der Waals surface area contributed by atoms with Gasteiger partial charge in [0.25, 0.3) is 7.82 Å². The number of likely N-dealkylation sites (N-methyl/N-ethyl adjacent to an activating group) is 1. The lowest BCUT2D eigenvalue weighted by Gasteiger charge is -2.28. The molecule has 9 nitrogen and oxygen atoms in total. The Morgan fingerprint density at radius 1 is 0.534 bits per heavy atom. The van der Waals surface area contributed by atoms with E-state index >= 15 is 0 Å². The number of carbonyl (C=O) groups excluding carboxylic acids is 2. The van der Waals surface area contributed by atoms with E-state index in [-0.39, 0.29) is 26.1 Å². The molecule has 58 heavy (non-hydrogen) atoms. The molecule has 2 atom stereocenters. The molecule has 1 unspecified atom stereocenters. The Labute approximate surface area is 353 Å². The minimum Gasteiger partial charge on any atom is -0.756 e. The Balaban J connectivity index is 4.56. The van der Waals surface area contributed by atoms with Crippen molar-refractivity contribution < 1.29 is 42.1 Å². The number of quaternary nitrogens is 1. The maximum Gasteiger partial charge on any atom is 0.306 e. The maximum absolute atomic E-state index is 12.6. The Morgan fingerprint density at radius 3 is 1.45 bits per heavy atom. The molecular formula is C48H78NO8P. The van der Waals surface area contributed by atoms with E-state index in [0.29, 0.717) is 23.9 Å². The standard InChI is InChI=1S/C48H78NO8P/c1-6-8-10-12-14-16-18-20-22-23-24-25-27-29-31-33-35-37-39-41-48(51)57-46(45-56-58(52,53)55-43-42-49(3,4)5)44-54-47(50)40-38-36-34-32-30-28-26-21-19-17-15-13-11-9-7-2/h8-11,14-17,20-22,24-26,29,31,35,37,46H,6-7,12-13,18-19,23,27-28,30,32-34,36,38-45H2,1-5H3/b10-8+,11-9+,16-14+,17-15+,22-20+,25-24+,26-21+,31-29+,37-35+/t46-/m1/s1. The predicted octanol–water partition coefficient (Wildman–Crippen LogP) is 11.7. The Hall–Kier alpha value is -3.33. The highest BCUT2D eigenvalue weighted by atomic mass is 31.2. The zero-order valence-corrected chi connectivity index (χ0v) is 37.6. The molecule has 0 aromatic heterocycles. The third kappa shape index (κ3) is 42.3. The number of rotatable bonds is 37. The summed E-state index contributed by atoms with van der Waals surface area (Å²) >= 11 is 0. The van der Waals surface area contributed by atoms with Crippen LogP contribution in [-0.2, 0) is 32.7 Å². The van der Waals surface area contributed by atoms with Crippen LogP contribution in [0.25, 0.3) is 0 Å². The van der Waals surface area contributed by atoms with Crippen molar-refractivity contribution in [2.45, 2.75) is 136 Å². The highest BCUT2D eigenvalue weighted by molar-refractivity contribution is 7.45. The smallest absolute Gasteiger partial charge is 0.306 e. The highest BCUT2D eigenvalue weighted by Crippen LogP contribution is 2.38. The number of carbonyl (C=O) groups is 2. The van der Waals surface area contributed by atoms with Crippen molar-refractivity contribution in [1.82, 2.24) is 0 Å². The highest BCUT2D eigenvalue weighted by Gasteiger charge is 2.21. The molecule has 328 valence electrons. The first-order valence-electron chi connectivity index (χ1n) is 21.6. The monoisotopic (exact) mass is 828 g/mol. The zero-order valence-electron chi connectivity index (χ0n) is 36.7. The second-order valence-electron chi connectivity index (χ2n) is 14.9. The number of phosphoric acid groups is 1. The maximum atomic E-state index is 12.6. The van der Waals surface area contributed by atoms with Crippen LogP contribution in [0.4, 0.5) is 0 Å². The van der Waals surface area contributed by atoms with Gasteiger partial charge in [0.1, 0.15) is 19.8 Å². The van der Waals surface area contributed by atoms with Crippen LogP contribution < -0.4 is 4.89 Å². The van der Waals surface area contributed by atoms with Crippen LogP contribution in [-0.4, -0.2) is 70.0 Å². The first-order chi connectivity index (χ1) is 28.0. The first kappa shape index (κ1) is 54.7. The lowest BCUT2D eigenvalue weighted by Crippen LogP contribution is -2.37. The van der Waals surface area contributed by atoms with Crippen molar-refractivity contribution in [1.29, 1.82) is 0 Å². The van der Waals surface area contributed by atoms with Crippen LogP contribution in [0, 0.1) is 0 Å². The number of ether oxygens (including phenoxy) is 2. The largest absolute Gasteiger partial charge is 0.756 e. The molecule has 0 aliphatic rings. The number of allylic oxidation sites excluding steroid dienone is 18. The molecule has 0 N–H and O–H groups in total. The quantitative estimate of drug-likeness (QED) is 0.0200. The number of unbranched alkanes of at least 4 members (excludes halogenated alkanes) is 5. The average Bonchev–Trinajstić information content (AvgIpc) is 3.17. The zero-order chi connectivity index (χ0) is 42.8. The summed E-state index contributed by atoms with van der Waals surface area (Å²) in [5.41, 5.74) is 0. The summed E-state index contributed by atoms with van der Waals surface area (Å²) < 4.78 is 33.8. The number of phosphoric ester groups is 1. The lowest BCUT2D eigenvalue weighted by molar-refractivity contribution is -0.870. The minimum absolute atomic E-state index is 0.0542. The molecular weight excluding hydrogens is 750 g/mol. The fourth-order valence-electron chi connectivity index (χ4n) is 4.99. The van der Waals surface area contributed by atoms with Gasteiger partial charge in [-0.05, 0) is 83.5 Å². The van der Waals surface area contributed by atoms with Crippen molar-refractivity contribution in [2.24, 2.45) is 0 Å². The van der Waals surface area contributed by atoms with Gasteiger partial charge in [0.15, 0.2) is 6.10 Å². The number of hydrogen-bond acceptors (Lipinski definition) is 8. The molecule has 0 bridgehead atoms. The van der Waals surface area contributed by atoms with Crippen LogP contribution in [0.2, 0.25) is 0 Å². The van der Waals surface area contributed by atoms with Crippen LogP contribution in [0.15, 0.2) is 109 Å². The predicted molar refractivity (Wildman–Crippen MR) is 240 cm³/mol. The molecule has 0 aromatic carbocycles. The topological polar surface area (TPSA) is 111 Å². The molecule has 0 saturated heterocycles. The van der Waals surface area contributed by atoms with Crippen molar-refractivity contribution >= 4 is 19.8 Å². The molecule has 0 heterocycles. The Morgan fingerprint density at radius 2 is 0.966 bits per heavy atom. The average molecular weight is 828 g/mol. The summed E-state index contributed by atoms with van der Waals surface area (Å²) in [5.74, 6) is -0.966. The molecule has 0 radical (unpaired) electrons. The molecule has 0 aliphatic heterocycles. The molecule has 0 spiro atoms. The summed E-state index contributed by atoms with van der Waals surface area (Å²) in [6.07, 6.45) is 52.8. The van der Waals surface area contributed by atoms with E-state index in [0.717, 1.165) is 89.9 Å². The van der Waals surface area contributed by atoms with Crippen molar-refractivity contribution in [3.05, 3.63) is 109 Å². The molecule has 0 rings (SSSR count). The second kappa shape index (κ2) is 39.1. The molecule has 0 saturated carbocycles. The fourth-order valence-corrected chi connectivity index (χ4v) is 5.72. The lowest BCUT2D eigenvalue weighted by atomic mass is 10.1. The fraction of sp³-hybridized carbons (Fsp3) is 0.583. The summed E-state index contributed by atoms with van der Waals surface area (Å²) in [6.45, 7) is 3.86. The van der Waals surface area contributed by atoms with Gasteiger partial charge in [0, 0.05) is 12.8 Å². The third-order valence-corrected chi connectivity index (χ3v) is 9.27. The minimum atomic E-state index is -4.66. The van der Waals surface area contributed by atoms with E-state index in [1.54, 1.807) is 0 Å². The molecule has 0 amide bonds. The van der Waals surface area contributed by atoms with Gasteiger partial charge in [-0.15, -0.1) is 0 Å². The van der Waals surface area contributed by atoms with Gasteiger partial charge in [0.05, 0.1) is 27.7 Å². The van der Waals surface area contributed by atoms with Crippen molar-refractivity contribution in [3.8, 4) is 0 Å². The van der Waals surface area contributed by atoms with E-state index in [4.69, 9.17) is 18.5 Å². The van der Waals surface area contributed by atoms with E-state index < -0.39 is 32.5 Å². The number of hydrogen-bond donors (Lipinski definition) is 0. The van der Waals surface area contributed by atoms with Gasteiger partial charge < -0.3 is 27.9 Å². The molecule has 10 heteroatoms. The van der Waals surface area contributed by atoms with E-state index in [1.165, 1.54) is 0 Å². The summed E-state index contributed by atoms with van der Waals surface area (Å²) in [4.78, 5) is 37.5. The van der Waals surface area contributed by atoms with Crippen LogP contribution in [0.1, 0.15) is 129 Å². The van der Waals surface area contributed by atoms with Gasteiger partial charge in [-0.25, -0.2) is 0 Å². The van der Waals surface area contributed by atoms with E-state index in [9.17, 15) is 19.0 Å². The first-order valence-corrected chi connectivity index (χ1v) is 23.1. The Bertz CT molecular complexity index is 1350. The molecule has 0 fully saturated rings. The van der Waals surface area contributed by atoms with Crippen LogP contribution in [0.3, 0.4) is 0 Å². The van der Waals surface area contributed by atoms with E-state index in [1.807, 2.05) is 33.3 Å². The Kier molecular flexibility index (Phi) is 36.9.